The van der Waals surface area contributed by atoms with Crippen molar-refractivity contribution in [3.05, 3.63) is 120 Å². The molecule has 0 radical (unpaired) electrons. The zero-order valence-electron chi connectivity index (χ0n) is 19.9. The monoisotopic (exact) mass is 508 g/mol. The third-order valence-corrected chi connectivity index (χ3v) is 7.08. The Hall–Kier alpha value is -4.36. The maximum absolute atomic E-state index is 13.3. The highest BCUT2D eigenvalue weighted by atomic mass is 32.2. The minimum atomic E-state index is -0.607. The van der Waals surface area contributed by atoms with Crippen molar-refractivity contribution in [3.63, 3.8) is 0 Å². The Balaban J connectivity index is 1.29. The zero-order valence-corrected chi connectivity index (χ0v) is 20.7. The lowest BCUT2D eigenvalue weighted by Gasteiger charge is -2.30. The van der Waals surface area contributed by atoms with Crippen molar-refractivity contribution in [1.29, 1.82) is 0 Å². The predicted molar refractivity (Wildman–Crippen MR) is 143 cm³/mol. The number of esters is 1. The summed E-state index contributed by atoms with van der Waals surface area (Å²) in [6, 6.07) is 32.7. The summed E-state index contributed by atoms with van der Waals surface area (Å²) in [4.78, 5) is 42.5. The van der Waals surface area contributed by atoms with E-state index in [1.807, 2.05) is 84.9 Å². The number of nitrogens with one attached hydrogen (secondary N) is 1. The predicted octanol–water partition coefficient (Wildman–Crippen LogP) is 5.92. The van der Waals surface area contributed by atoms with Crippen LogP contribution in [0.5, 0.6) is 0 Å². The first kappa shape index (κ1) is 24.3. The maximum atomic E-state index is 13.3. The Kier molecular flexibility index (Phi) is 7.33. The number of amides is 2. The van der Waals surface area contributed by atoms with Gasteiger partial charge in [-0.15, -0.1) is 0 Å². The third-order valence-electron chi connectivity index (χ3n) is 5.95. The molecule has 1 aliphatic rings. The van der Waals surface area contributed by atoms with E-state index >= 15 is 0 Å². The standard InChI is InChI=1S/C30H24N2O4S/c33-28(32-24-15-7-9-17-26(24)37-27-18-10-8-16-25(27)32)20-36-29(34)19-23(21-11-3-1-4-12-21)31-30(35)22-13-5-2-6-14-22/h1-18,23H,19-20H2,(H,31,35)/t23-/m1/s1. The van der Waals surface area contributed by atoms with Crippen molar-refractivity contribution in [3.8, 4) is 0 Å². The molecule has 1 aliphatic heterocycles. The van der Waals surface area contributed by atoms with Crippen molar-refractivity contribution in [2.24, 2.45) is 0 Å². The zero-order chi connectivity index (χ0) is 25.6. The van der Waals surface area contributed by atoms with Crippen LogP contribution in [0.3, 0.4) is 0 Å². The molecule has 0 unspecified atom stereocenters. The van der Waals surface area contributed by atoms with Gasteiger partial charge in [0, 0.05) is 15.4 Å². The van der Waals surface area contributed by atoms with Gasteiger partial charge in [-0.2, -0.15) is 0 Å². The van der Waals surface area contributed by atoms with Gasteiger partial charge in [0.25, 0.3) is 11.8 Å². The lowest BCUT2D eigenvalue weighted by Crippen LogP contribution is -2.34. The van der Waals surface area contributed by atoms with E-state index in [2.05, 4.69) is 5.32 Å². The first-order chi connectivity index (χ1) is 18.1. The Morgan fingerprint density at radius 3 is 1.89 bits per heavy atom. The molecular formula is C30H24N2O4S. The molecule has 0 bridgehead atoms. The lowest BCUT2D eigenvalue weighted by molar-refractivity contribution is -0.148. The first-order valence-corrected chi connectivity index (χ1v) is 12.7. The van der Waals surface area contributed by atoms with Gasteiger partial charge < -0.3 is 10.1 Å². The molecular weight excluding hydrogens is 484 g/mol. The molecule has 4 aromatic rings. The number of rotatable bonds is 7. The Morgan fingerprint density at radius 2 is 1.27 bits per heavy atom. The highest BCUT2D eigenvalue weighted by Crippen LogP contribution is 2.47. The largest absolute Gasteiger partial charge is 0.455 e. The van der Waals surface area contributed by atoms with E-state index in [4.69, 9.17) is 4.74 Å². The average molecular weight is 509 g/mol. The van der Waals surface area contributed by atoms with Crippen LogP contribution in [0.25, 0.3) is 0 Å². The van der Waals surface area contributed by atoms with Crippen LogP contribution in [0.15, 0.2) is 119 Å². The van der Waals surface area contributed by atoms with Crippen LogP contribution in [0.2, 0.25) is 0 Å². The van der Waals surface area contributed by atoms with Crippen LogP contribution in [0, 0.1) is 0 Å². The average Bonchev–Trinajstić information content (AvgIpc) is 2.95. The summed E-state index contributed by atoms with van der Waals surface area (Å²) in [6.45, 7) is -0.416. The number of para-hydroxylation sites is 2. The second-order valence-corrected chi connectivity index (χ2v) is 9.52. The molecule has 184 valence electrons. The number of nitrogens with zero attached hydrogens (tertiary/aromatic N) is 1. The Morgan fingerprint density at radius 1 is 0.730 bits per heavy atom. The molecule has 1 N–H and O–H groups in total. The van der Waals surface area contributed by atoms with E-state index in [1.54, 1.807) is 40.9 Å². The van der Waals surface area contributed by atoms with Crippen molar-refractivity contribution < 1.29 is 19.1 Å². The quantitative estimate of drug-likeness (QED) is 0.314. The van der Waals surface area contributed by atoms with E-state index < -0.39 is 18.6 Å². The van der Waals surface area contributed by atoms with Gasteiger partial charge >= 0.3 is 5.97 Å². The smallest absolute Gasteiger partial charge is 0.308 e. The summed E-state index contributed by atoms with van der Waals surface area (Å²) in [5.41, 5.74) is 2.77. The molecule has 1 heterocycles. The number of benzene rings is 4. The molecule has 1 atom stereocenters. The Labute approximate surface area is 219 Å². The van der Waals surface area contributed by atoms with Gasteiger partial charge in [0.05, 0.1) is 23.8 Å². The van der Waals surface area contributed by atoms with Gasteiger partial charge in [-0.1, -0.05) is 84.6 Å². The van der Waals surface area contributed by atoms with Gasteiger partial charge in [0.1, 0.15) is 0 Å². The van der Waals surface area contributed by atoms with Gasteiger partial charge in [-0.05, 0) is 42.0 Å². The van der Waals surface area contributed by atoms with Crippen LogP contribution in [-0.4, -0.2) is 24.4 Å². The molecule has 4 aromatic carbocycles. The van der Waals surface area contributed by atoms with Gasteiger partial charge in [-0.25, -0.2) is 0 Å². The Bertz CT molecular complexity index is 1380. The van der Waals surface area contributed by atoms with E-state index in [1.165, 1.54) is 0 Å². The van der Waals surface area contributed by atoms with Crippen LogP contribution in [0.1, 0.15) is 28.4 Å². The molecule has 0 fully saturated rings. The molecule has 0 spiro atoms. The molecule has 0 saturated heterocycles. The molecule has 37 heavy (non-hydrogen) atoms. The number of hydrogen-bond donors (Lipinski definition) is 1. The van der Waals surface area contributed by atoms with Crippen LogP contribution >= 0.6 is 11.8 Å². The van der Waals surface area contributed by atoms with Crippen LogP contribution in [0.4, 0.5) is 11.4 Å². The molecule has 6 nitrogen and oxygen atoms in total. The summed E-state index contributed by atoms with van der Waals surface area (Å²) in [7, 11) is 0. The second-order valence-electron chi connectivity index (χ2n) is 8.43. The topological polar surface area (TPSA) is 75.7 Å². The molecule has 2 amide bonds. The number of anilines is 2. The van der Waals surface area contributed by atoms with E-state index in [0.717, 1.165) is 26.7 Å². The summed E-state index contributed by atoms with van der Waals surface area (Å²) in [5.74, 6) is -1.22. The fourth-order valence-electron chi connectivity index (χ4n) is 4.17. The van der Waals surface area contributed by atoms with Gasteiger partial charge in [-0.3, -0.25) is 19.3 Å². The number of ether oxygens (including phenoxy) is 1. The number of hydrogen-bond acceptors (Lipinski definition) is 5. The van der Waals surface area contributed by atoms with Crippen LogP contribution in [-0.2, 0) is 14.3 Å². The lowest BCUT2D eigenvalue weighted by atomic mass is 10.0. The maximum Gasteiger partial charge on any atom is 0.308 e. The summed E-state index contributed by atoms with van der Waals surface area (Å²) in [6.07, 6.45) is -0.112. The highest BCUT2D eigenvalue weighted by Gasteiger charge is 2.29. The van der Waals surface area contributed by atoms with E-state index in [9.17, 15) is 14.4 Å². The molecule has 0 aromatic heterocycles. The van der Waals surface area contributed by atoms with Crippen molar-refractivity contribution in [1.82, 2.24) is 5.32 Å². The van der Waals surface area contributed by atoms with E-state index in [-0.39, 0.29) is 18.2 Å². The van der Waals surface area contributed by atoms with Crippen LogP contribution < -0.4 is 10.2 Å². The SMILES string of the molecule is O=C(C[C@@H](NC(=O)c1ccccc1)c1ccccc1)OCC(=O)N1c2ccccc2Sc2ccccc21. The molecule has 5 rings (SSSR count). The third kappa shape index (κ3) is 5.57. The minimum absolute atomic E-state index is 0.112. The summed E-state index contributed by atoms with van der Waals surface area (Å²) >= 11 is 1.60. The molecule has 0 saturated carbocycles. The second kappa shape index (κ2) is 11.1. The summed E-state index contributed by atoms with van der Waals surface area (Å²) in [5, 5.41) is 2.92. The molecule has 0 aliphatic carbocycles. The molecule has 7 heteroatoms. The fourth-order valence-corrected chi connectivity index (χ4v) is 5.23. The van der Waals surface area contributed by atoms with Gasteiger partial charge in [0.15, 0.2) is 6.61 Å². The van der Waals surface area contributed by atoms with E-state index in [0.29, 0.717) is 5.56 Å². The van der Waals surface area contributed by atoms with Crippen molar-refractivity contribution in [2.45, 2.75) is 22.3 Å². The van der Waals surface area contributed by atoms with Crippen molar-refractivity contribution >= 4 is 40.9 Å². The normalized spacial score (nSPS) is 12.6. The highest BCUT2D eigenvalue weighted by molar-refractivity contribution is 7.99. The minimum Gasteiger partial charge on any atom is -0.455 e. The fraction of sp³-hybridized carbons (Fsp3) is 0.100. The number of fused-ring (bicyclic) bond motifs is 2. The first-order valence-electron chi connectivity index (χ1n) is 11.9. The number of carbonyl (C=O) groups is 3. The summed E-state index contributed by atoms with van der Waals surface area (Å²) < 4.78 is 5.44. The van der Waals surface area contributed by atoms with Gasteiger partial charge in [0.2, 0.25) is 0 Å². The van der Waals surface area contributed by atoms with Crippen molar-refractivity contribution in [2.75, 3.05) is 11.5 Å². The number of carbonyl (C=O) groups excluding carboxylic acids is 3.